The summed E-state index contributed by atoms with van der Waals surface area (Å²) >= 11 is 1.67. The van der Waals surface area contributed by atoms with Crippen molar-refractivity contribution in [1.29, 1.82) is 0 Å². The first-order chi connectivity index (χ1) is 12.3. The molecule has 1 amide bonds. The van der Waals surface area contributed by atoms with Crippen LogP contribution in [0.3, 0.4) is 0 Å². The Bertz CT molecular complexity index is 626. The number of guanidine groups is 1. The van der Waals surface area contributed by atoms with E-state index >= 15 is 0 Å². The van der Waals surface area contributed by atoms with Crippen molar-refractivity contribution in [3.05, 3.63) is 16.1 Å². The molecule has 1 heterocycles. The van der Waals surface area contributed by atoms with Crippen LogP contribution in [0.1, 0.15) is 44.3 Å². The fraction of sp³-hybridized carbons (Fsp3) is 0.722. The highest BCUT2D eigenvalue weighted by Gasteiger charge is 2.34. The van der Waals surface area contributed by atoms with Gasteiger partial charge in [0.25, 0.3) is 0 Å². The SMILES string of the molecule is CN=C(NCCc1csc(C)n1)NCCN(C(=O)OC(C)(C)C)C1CC1.I. The minimum atomic E-state index is -0.469. The monoisotopic (exact) mass is 509 g/mol. The zero-order valence-corrected chi connectivity index (χ0v) is 20.0. The van der Waals surface area contributed by atoms with Crippen LogP contribution in [0.15, 0.2) is 10.4 Å². The second kappa shape index (κ2) is 11.0. The number of aryl methyl sites for hydroxylation is 1. The number of halogens is 1. The van der Waals surface area contributed by atoms with Gasteiger partial charge in [0.1, 0.15) is 5.60 Å². The second-order valence-electron chi connectivity index (χ2n) is 7.44. The maximum atomic E-state index is 12.3. The lowest BCUT2D eigenvalue weighted by Gasteiger charge is -2.27. The molecule has 2 N–H and O–H groups in total. The molecule has 0 bridgehead atoms. The Morgan fingerprint density at radius 1 is 1.37 bits per heavy atom. The molecular weight excluding hydrogens is 477 g/mol. The fourth-order valence-electron chi connectivity index (χ4n) is 2.48. The van der Waals surface area contributed by atoms with Crippen LogP contribution >= 0.6 is 35.3 Å². The predicted octanol–water partition coefficient (Wildman–Crippen LogP) is 3.18. The molecule has 0 aliphatic heterocycles. The molecule has 0 spiro atoms. The van der Waals surface area contributed by atoms with Gasteiger partial charge in [-0.05, 0) is 40.5 Å². The molecule has 0 atom stereocenters. The maximum absolute atomic E-state index is 12.3. The van der Waals surface area contributed by atoms with Crippen molar-refractivity contribution < 1.29 is 9.53 Å². The summed E-state index contributed by atoms with van der Waals surface area (Å²) in [6.07, 6.45) is 2.74. The smallest absolute Gasteiger partial charge is 0.410 e. The summed E-state index contributed by atoms with van der Waals surface area (Å²) in [5, 5.41) is 9.72. The van der Waals surface area contributed by atoms with Crippen molar-refractivity contribution in [3.8, 4) is 0 Å². The molecule has 9 heteroatoms. The highest BCUT2D eigenvalue weighted by Crippen LogP contribution is 2.27. The zero-order chi connectivity index (χ0) is 19.2. The van der Waals surface area contributed by atoms with E-state index < -0.39 is 5.60 Å². The van der Waals surface area contributed by atoms with Crippen LogP contribution in [-0.2, 0) is 11.2 Å². The number of carbonyl (C=O) groups is 1. The number of ether oxygens (including phenoxy) is 1. The highest BCUT2D eigenvalue weighted by molar-refractivity contribution is 14.0. The van der Waals surface area contributed by atoms with Crippen LogP contribution < -0.4 is 10.6 Å². The van der Waals surface area contributed by atoms with Crippen LogP contribution in [0, 0.1) is 6.92 Å². The third kappa shape index (κ3) is 9.09. The summed E-state index contributed by atoms with van der Waals surface area (Å²) in [6, 6.07) is 0.314. The van der Waals surface area contributed by atoms with Gasteiger partial charge in [0.05, 0.1) is 10.7 Å². The lowest BCUT2D eigenvalue weighted by atomic mass is 10.2. The van der Waals surface area contributed by atoms with Crippen LogP contribution in [0.2, 0.25) is 0 Å². The number of carbonyl (C=O) groups excluding carboxylic acids is 1. The lowest BCUT2D eigenvalue weighted by Crippen LogP contribution is -2.45. The van der Waals surface area contributed by atoms with E-state index in [1.54, 1.807) is 18.4 Å². The van der Waals surface area contributed by atoms with Gasteiger partial charge in [-0.25, -0.2) is 9.78 Å². The summed E-state index contributed by atoms with van der Waals surface area (Å²) in [6.45, 7) is 9.69. The molecule has 1 aromatic rings. The Morgan fingerprint density at radius 3 is 2.56 bits per heavy atom. The second-order valence-corrected chi connectivity index (χ2v) is 8.50. The third-order valence-electron chi connectivity index (χ3n) is 3.82. The van der Waals surface area contributed by atoms with Crippen LogP contribution in [0.5, 0.6) is 0 Å². The van der Waals surface area contributed by atoms with Crippen molar-refractivity contribution in [2.75, 3.05) is 26.7 Å². The van der Waals surface area contributed by atoms with E-state index in [0.717, 1.165) is 42.5 Å². The molecule has 1 fully saturated rings. The average Bonchev–Trinajstić information content (AvgIpc) is 3.30. The van der Waals surface area contributed by atoms with Crippen molar-refractivity contribution in [3.63, 3.8) is 0 Å². The summed E-state index contributed by atoms with van der Waals surface area (Å²) in [4.78, 5) is 22.8. The van der Waals surface area contributed by atoms with E-state index in [0.29, 0.717) is 19.1 Å². The quantitative estimate of drug-likeness (QED) is 0.336. The molecule has 0 aromatic carbocycles. The Labute approximate surface area is 183 Å². The minimum absolute atomic E-state index is 0. The van der Waals surface area contributed by atoms with Crippen molar-refractivity contribution in [1.82, 2.24) is 20.5 Å². The molecule has 154 valence electrons. The summed E-state index contributed by atoms with van der Waals surface area (Å²) in [7, 11) is 1.74. The fourth-order valence-corrected chi connectivity index (χ4v) is 3.12. The number of aliphatic imine (C=N–C) groups is 1. The zero-order valence-electron chi connectivity index (χ0n) is 16.9. The van der Waals surface area contributed by atoms with Crippen molar-refractivity contribution >= 4 is 47.4 Å². The van der Waals surface area contributed by atoms with Gasteiger partial charge in [0, 0.05) is 44.5 Å². The Kier molecular flexibility index (Phi) is 9.78. The molecule has 0 unspecified atom stereocenters. The number of amides is 1. The van der Waals surface area contributed by atoms with E-state index in [2.05, 4.69) is 26.0 Å². The Hall–Kier alpha value is -1.10. The molecule has 2 rings (SSSR count). The van der Waals surface area contributed by atoms with Gasteiger partial charge < -0.3 is 20.3 Å². The largest absolute Gasteiger partial charge is 0.444 e. The number of hydrogen-bond donors (Lipinski definition) is 2. The van der Waals surface area contributed by atoms with E-state index in [-0.39, 0.29) is 30.1 Å². The molecular formula is C18H32IN5O2S. The molecule has 0 radical (unpaired) electrons. The van der Waals surface area contributed by atoms with Crippen LogP contribution in [0.25, 0.3) is 0 Å². The Balaban J connectivity index is 0.00000364. The number of nitrogens with one attached hydrogen (secondary N) is 2. The number of rotatable bonds is 7. The summed E-state index contributed by atoms with van der Waals surface area (Å²) in [5.41, 5.74) is 0.629. The lowest BCUT2D eigenvalue weighted by molar-refractivity contribution is 0.0238. The number of aromatic nitrogens is 1. The predicted molar refractivity (Wildman–Crippen MR) is 121 cm³/mol. The highest BCUT2D eigenvalue weighted by atomic mass is 127. The van der Waals surface area contributed by atoms with Gasteiger partial charge in [-0.15, -0.1) is 35.3 Å². The van der Waals surface area contributed by atoms with Crippen molar-refractivity contribution in [2.45, 2.75) is 58.6 Å². The van der Waals surface area contributed by atoms with Crippen LogP contribution in [0.4, 0.5) is 4.79 Å². The standard InChI is InChI=1S/C18H31N5O2S.HI/c1-13-22-14(12-26-13)8-9-20-16(19-5)21-10-11-23(15-6-7-15)17(24)25-18(2,3)4;/h12,15H,6-11H2,1-5H3,(H2,19,20,21);1H. The first-order valence-electron chi connectivity index (χ1n) is 9.13. The molecule has 1 saturated carbocycles. The third-order valence-corrected chi connectivity index (χ3v) is 4.65. The van der Waals surface area contributed by atoms with E-state index in [1.807, 2.05) is 32.6 Å². The average molecular weight is 509 g/mol. The van der Waals surface area contributed by atoms with Gasteiger partial charge in [-0.2, -0.15) is 0 Å². The first kappa shape index (κ1) is 23.9. The van der Waals surface area contributed by atoms with Gasteiger partial charge in [-0.3, -0.25) is 4.99 Å². The Morgan fingerprint density at radius 2 is 2.04 bits per heavy atom. The summed E-state index contributed by atoms with van der Waals surface area (Å²) < 4.78 is 5.51. The molecule has 0 saturated heterocycles. The molecule has 27 heavy (non-hydrogen) atoms. The van der Waals surface area contributed by atoms with E-state index in [1.165, 1.54) is 0 Å². The molecule has 1 aliphatic carbocycles. The maximum Gasteiger partial charge on any atom is 0.410 e. The van der Waals surface area contributed by atoms with Gasteiger partial charge in [0.2, 0.25) is 0 Å². The van der Waals surface area contributed by atoms with E-state index in [9.17, 15) is 4.79 Å². The van der Waals surface area contributed by atoms with Gasteiger partial charge in [0.15, 0.2) is 5.96 Å². The van der Waals surface area contributed by atoms with E-state index in [4.69, 9.17) is 4.74 Å². The molecule has 1 aromatic heterocycles. The number of thiazole rings is 1. The molecule has 1 aliphatic rings. The van der Waals surface area contributed by atoms with Gasteiger partial charge >= 0.3 is 6.09 Å². The normalized spacial score (nSPS) is 14.3. The topological polar surface area (TPSA) is 78.9 Å². The van der Waals surface area contributed by atoms with Crippen molar-refractivity contribution in [2.24, 2.45) is 4.99 Å². The van der Waals surface area contributed by atoms with Gasteiger partial charge in [-0.1, -0.05) is 0 Å². The summed E-state index contributed by atoms with van der Waals surface area (Å²) in [5.74, 6) is 0.733. The first-order valence-corrected chi connectivity index (χ1v) is 10.0. The molecule has 7 nitrogen and oxygen atoms in total. The number of hydrogen-bond acceptors (Lipinski definition) is 5. The minimum Gasteiger partial charge on any atom is -0.444 e. The van der Waals surface area contributed by atoms with Crippen LogP contribution in [-0.4, -0.2) is 60.3 Å². The number of nitrogens with zero attached hydrogens (tertiary/aromatic N) is 3.